The highest BCUT2D eigenvalue weighted by Crippen LogP contribution is 2.13. The van der Waals surface area contributed by atoms with E-state index in [2.05, 4.69) is 10.4 Å². The number of aromatic nitrogens is 2. The lowest BCUT2D eigenvalue weighted by Gasteiger charge is -2.12. The maximum Gasteiger partial charge on any atom is 0.275 e. The van der Waals surface area contributed by atoms with Crippen molar-refractivity contribution in [2.75, 3.05) is 33.5 Å². The van der Waals surface area contributed by atoms with Gasteiger partial charge in [0.25, 0.3) is 5.91 Å². The minimum Gasteiger partial charge on any atom is -0.382 e. The molecule has 1 N–H and O–H groups in total. The maximum atomic E-state index is 14.0. The Labute approximate surface area is 150 Å². The number of nitrogens with zero attached hydrogens (tertiary/aromatic N) is 2. The Morgan fingerprint density at radius 2 is 2.04 bits per heavy atom. The van der Waals surface area contributed by atoms with Crippen LogP contribution in [0.1, 0.15) is 22.6 Å². The molecule has 0 bridgehead atoms. The number of para-hydroxylation sites is 1. The standard InChI is InChI=1S/C18H22FN3O4/c1-13-12-16(23)17(18(24)20-8-5-9-26-11-10-25-2)21-22(13)15-7-4-3-6-14(15)19/h3-4,6-7,12H,5,8-11H2,1-2H3,(H,20,24). The highest BCUT2D eigenvalue weighted by Gasteiger charge is 2.16. The van der Waals surface area contributed by atoms with E-state index >= 15 is 0 Å². The van der Waals surface area contributed by atoms with Crippen molar-refractivity contribution in [3.05, 3.63) is 57.8 Å². The van der Waals surface area contributed by atoms with Crippen molar-refractivity contribution in [2.24, 2.45) is 0 Å². The van der Waals surface area contributed by atoms with Gasteiger partial charge in [0.05, 0.1) is 13.2 Å². The molecule has 0 spiro atoms. The van der Waals surface area contributed by atoms with E-state index in [4.69, 9.17) is 9.47 Å². The van der Waals surface area contributed by atoms with Crippen LogP contribution in [-0.4, -0.2) is 49.2 Å². The van der Waals surface area contributed by atoms with E-state index < -0.39 is 17.2 Å². The van der Waals surface area contributed by atoms with Crippen molar-refractivity contribution in [1.29, 1.82) is 0 Å². The van der Waals surface area contributed by atoms with E-state index in [-0.39, 0.29) is 11.4 Å². The van der Waals surface area contributed by atoms with Gasteiger partial charge in [0.1, 0.15) is 11.5 Å². The summed E-state index contributed by atoms with van der Waals surface area (Å²) >= 11 is 0. The maximum absolute atomic E-state index is 14.0. The van der Waals surface area contributed by atoms with Crippen molar-refractivity contribution in [3.8, 4) is 5.69 Å². The first kappa shape index (κ1) is 19.7. The molecule has 0 atom stereocenters. The number of halogens is 1. The Morgan fingerprint density at radius 3 is 2.77 bits per heavy atom. The summed E-state index contributed by atoms with van der Waals surface area (Å²) in [5, 5.41) is 6.67. The third-order valence-corrected chi connectivity index (χ3v) is 3.59. The van der Waals surface area contributed by atoms with Gasteiger partial charge < -0.3 is 14.8 Å². The molecule has 1 amide bonds. The molecular weight excluding hydrogens is 341 g/mol. The van der Waals surface area contributed by atoms with Gasteiger partial charge in [0, 0.05) is 32.0 Å². The molecule has 0 saturated carbocycles. The Bertz CT molecular complexity index is 807. The molecule has 8 heteroatoms. The summed E-state index contributed by atoms with van der Waals surface area (Å²) in [5.41, 5.74) is -0.183. The summed E-state index contributed by atoms with van der Waals surface area (Å²) in [4.78, 5) is 24.3. The minimum absolute atomic E-state index is 0.172. The number of methoxy groups -OCH3 is 1. The fraction of sp³-hybridized carbons (Fsp3) is 0.389. The van der Waals surface area contributed by atoms with Gasteiger partial charge in [0.15, 0.2) is 5.69 Å². The number of hydrogen-bond acceptors (Lipinski definition) is 5. The third kappa shape index (κ3) is 5.21. The number of carbonyl (C=O) groups is 1. The van der Waals surface area contributed by atoms with Gasteiger partial charge in [-0.2, -0.15) is 5.10 Å². The summed E-state index contributed by atoms with van der Waals surface area (Å²) < 4.78 is 25.4. The molecule has 0 aliphatic heterocycles. The van der Waals surface area contributed by atoms with Crippen LogP contribution in [0.15, 0.2) is 35.1 Å². The van der Waals surface area contributed by atoms with Crippen molar-refractivity contribution >= 4 is 5.91 Å². The average molecular weight is 363 g/mol. The molecule has 140 valence electrons. The Hall–Kier alpha value is -2.58. The van der Waals surface area contributed by atoms with Gasteiger partial charge in [-0.3, -0.25) is 9.59 Å². The molecule has 0 fully saturated rings. The second-order valence-corrected chi connectivity index (χ2v) is 5.58. The Kier molecular flexibility index (Phi) is 7.43. The summed E-state index contributed by atoms with van der Waals surface area (Å²) in [6.07, 6.45) is 0.586. The molecule has 0 unspecified atom stereocenters. The number of carbonyl (C=O) groups excluding carboxylic acids is 1. The zero-order valence-corrected chi connectivity index (χ0v) is 14.8. The largest absolute Gasteiger partial charge is 0.382 e. The van der Waals surface area contributed by atoms with Crippen LogP contribution in [0.25, 0.3) is 5.69 Å². The molecule has 0 aliphatic rings. The lowest BCUT2D eigenvalue weighted by molar-refractivity contribution is 0.0688. The topological polar surface area (TPSA) is 82.4 Å². The van der Waals surface area contributed by atoms with Crippen molar-refractivity contribution < 1.29 is 18.7 Å². The van der Waals surface area contributed by atoms with Crippen molar-refractivity contribution in [3.63, 3.8) is 0 Å². The molecule has 1 aromatic heterocycles. The van der Waals surface area contributed by atoms with Crippen molar-refractivity contribution in [1.82, 2.24) is 15.1 Å². The predicted molar refractivity (Wildman–Crippen MR) is 94.2 cm³/mol. The van der Waals surface area contributed by atoms with E-state index in [0.29, 0.717) is 38.5 Å². The van der Waals surface area contributed by atoms with Crippen LogP contribution < -0.4 is 10.7 Å². The normalized spacial score (nSPS) is 10.7. The van der Waals surface area contributed by atoms with Crippen LogP contribution in [0.4, 0.5) is 4.39 Å². The first-order valence-corrected chi connectivity index (χ1v) is 8.25. The number of aryl methyl sites for hydroxylation is 1. The number of amides is 1. The fourth-order valence-corrected chi connectivity index (χ4v) is 2.28. The second kappa shape index (κ2) is 9.79. The van der Waals surface area contributed by atoms with Gasteiger partial charge >= 0.3 is 0 Å². The van der Waals surface area contributed by atoms with Gasteiger partial charge in [-0.05, 0) is 25.5 Å². The smallest absolute Gasteiger partial charge is 0.275 e. The molecule has 1 aromatic carbocycles. The van der Waals surface area contributed by atoms with Crippen LogP contribution in [0.5, 0.6) is 0 Å². The quantitative estimate of drug-likeness (QED) is 0.682. The average Bonchev–Trinajstić information content (AvgIpc) is 2.62. The van der Waals surface area contributed by atoms with Crippen LogP contribution in [0.3, 0.4) is 0 Å². The minimum atomic E-state index is -0.600. The van der Waals surface area contributed by atoms with E-state index in [9.17, 15) is 14.0 Å². The van der Waals surface area contributed by atoms with E-state index in [0.717, 1.165) is 0 Å². The van der Waals surface area contributed by atoms with E-state index in [1.54, 1.807) is 26.2 Å². The summed E-state index contributed by atoms with van der Waals surface area (Å²) in [5.74, 6) is -1.09. The summed E-state index contributed by atoms with van der Waals surface area (Å²) in [7, 11) is 1.59. The van der Waals surface area contributed by atoms with Crippen molar-refractivity contribution in [2.45, 2.75) is 13.3 Å². The zero-order valence-electron chi connectivity index (χ0n) is 14.8. The van der Waals surface area contributed by atoms with Gasteiger partial charge in [0.2, 0.25) is 5.43 Å². The zero-order chi connectivity index (χ0) is 18.9. The number of ether oxygens (including phenoxy) is 2. The predicted octanol–water partition coefficient (Wildman–Crippen LogP) is 1.46. The highest BCUT2D eigenvalue weighted by molar-refractivity contribution is 5.92. The van der Waals surface area contributed by atoms with Crippen LogP contribution in [0.2, 0.25) is 0 Å². The number of rotatable bonds is 9. The van der Waals surface area contributed by atoms with E-state index in [1.165, 1.54) is 22.9 Å². The lowest BCUT2D eigenvalue weighted by atomic mass is 10.2. The molecule has 26 heavy (non-hydrogen) atoms. The SMILES string of the molecule is COCCOCCCNC(=O)c1nn(-c2ccccc2F)c(C)cc1=O. The molecule has 1 heterocycles. The molecule has 0 aliphatic carbocycles. The Morgan fingerprint density at radius 1 is 1.27 bits per heavy atom. The summed E-state index contributed by atoms with van der Waals surface area (Å²) in [6.45, 7) is 3.41. The van der Waals surface area contributed by atoms with Crippen LogP contribution in [0, 0.1) is 12.7 Å². The number of nitrogens with one attached hydrogen (secondary N) is 1. The van der Waals surface area contributed by atoms with E-state index in [1.807, 2.05) is 0 Å². The first-order chi connectivity index (χ1) is 12.5. The molecular formula is C18H22FN3O4. The third-order valence-electron chi connectivity index (χ3n) is 3.59. The molecule has 7 nitrogen and oxygen atoms in total. The Balaban J connectivity index is 2.05. The number of benzene rings is 1. The monoisotopic (exact) mass is 363 g/mol. The first-order valence-electron chi connectivity index (χ1n) is 8.25. The van der Waals surface area contributed by atoms with Crippen LogP contribution in [-0.2, 0) is 9.47 Å². The summed E-state index contributed by atoms with van der Waals surface area (Å²) in [6, 6.07) is 7.29. The highest BCUT2D eigenvalue weighted by atomic mass is 19.1. The van der Waals surface area contributed by atoms with Gasteiger partial charge in [-0.1, -0.05) is 12.1 Å². The van der Waals surface area contributed by atoms with Gasteiger partial charge in [-0.15, -0.1) is 0 Å². The molecule has 0 radical (unpaired) electrons. The molecule has 2 rings (SSSR count). The van der Waals surface area contributed by atoms with Crippen LogP contribution >= 0.6 is 0 Å². The van der Waals surface area contributed by atoms with Gasteiger partial charge in [-0.25, -0.2) is 9.07 Å². The fourth-order valence-electron chi connectivity index (χ4n) is 2.28. The number of hydrogen-bond donors (Lipinski definition) is 1. The molecule has 2 aromatic rings. The molecule has 0 saturated heterocycles. The lowest BCUT2D eigenvalue weighted by Crippen LogP contribution is -2.33. The second-order valence-electron chi connectivity index (χ2n) is 5.58.